The Morgan fingerprint density at radius 3 is 2.59 bits per heavy atom. The maximum atomic E-state index is 13.2. The average Bonchev–Trinajstić information content (AvgIpc) is 2.98. The molecule has 29 heavy (non-hydrogen) atoms. The number of phenols is 1. The van der Waals surface area contributed by atoms with Crippen LogP contribution in [-0.4, -0.2) is 32.8 Å². The van der Waals surface area contributed by atoms with Gasteiger partial charge in [0.25, 0.3) is 11.2 Å². The summed E-state index contributed by atoms with van der Waals surface area (Å²) in [5.41, 5.74) is 0.866. The summed E-state index contributed by atoms with van der Waals surface area (Å²) in [5, 5.41) is 22.4. The zero-order chi connectivity index (χ0) is 20.9. The fraction of sp³-hybridized carbons (Fsp3) is 0.200. The summed E-state index contributed by atoms with van der Waals surface area (Å²) < 4.78 is 6.65. The van der Waals surface area contributed by atoms with Gasteiger partial charge in [0, 0.05) is 40.5 Å². The zero-order valence-corrected chi connectivity index (χ0v) is 16.9. The Hall–Kier alpha value is -3.20. The van der Waals surface area contributed by atoms with Crippen LogP contribution in [0.2, 0.25) is 0 Å². The first-order valence-electron chi connectivity index (χ1n) is 8.76. The van der Waals surface area contributed by atoms with Crippen molar-refractivity contribution in [3.05, 3.63) is 61.9 Å². The molecule has 0 amide bonds. The van der Waals surface area contributed by atoms with Crippen LogP contribution < -0.4 is 10.3 Å². The van der Waals surface area contributed by atoms with Crippen LogP contribution in [-0.2, 0) is 6.54 Å². The van der Waals surface area contributed by atoms with E-state index in [1.807, 2.05) is 0 Å². The van der Waals surface area contributed by atoms with Gasteiger partial charge in [-0.25, -0.2) is 0 Å². The van der Waals surface area contributed by atoms with Crippen molar-refractivity contribution in [2.45, 2.75) is 13.0 Å². The monoisotopic (exact) mass is 458 g/mol. The summed E-state index contributed by atoms with van der Waals surface area (Å²) in [6, 6.07) is 6.78. The number of non-ortho nitro benzene ring substituents is 1. The third-order valence-corrected chi connectivity index (χ3v) is 5.59. The molecule has 148 valence electrons. The molecular weight excluding hydrogens is 444 g/mol. The maximum Gasteiger partial charge on any atom is 0.270 e. The molecule has 0 radical (unpaired) electrons. The second kappa shape index (κ2) is 7.00. The minimum absolute atomic E-state index is 0.116. The van der Waals surface area contributed by atoms with Crippen LogP contribution in [0.4, 0.5) is 5.69 Å². The molecule has 8 nitrogen and oxygen atoms in total. The first-order chi connectivity index (χ1) is 13.9. The SMILES string of the molecule is COc1cc2c(cc1O)C(=O)c1c-2n(CCCBr)c(=O)c2cc([N+](=O)[O-])ccc12. The standard InChI is InChI=1S/C20H15BrN2O6/c1-29-16-9-12-13(8-15(16)24)19(25)17-11-4-3-10(23(27)28)7-14(11)20(26)22(18(12)17)6-2-5-21/h3-4,7-9,24H,2,5-6H2,1H3. The fourth-order valence-electron chi connectivity index (χ4n) is 3.74. The van der Waals surface area contributed by atoms with Crippen molar-refractivity contribution in [2.75, 3.05) is 12.4 Å². The average molecular weight is 459 g/mol. The first-order valence-corrected chi connectivity index (χ1v) is 9.88. The van der Waals surface area contributed by atoms with Gasteiger partial charge in [-0.05, 0) is 24.6 Å². The number of ether oxygens (including phenoxy) is 1. The van der Waals surface area contributed by atoms with Gasteiger partial charge < -0.3 is 14.4 Å². The van der Waals surface area contributed by atoms with E-state index < -0.39 is 10.5 Å². The summed E-state index contributed by atoms with van der Waals surface area (Å²) >= 11 is 3.34. The lowest BCUT2D eigenvalue weighted by Gasteiger charge is -2.15. The molecule has 1 aliphatic carbocycles. The number of ketones is 1. The van der Waals surface area contributed by atoms with Gasteiger partial charge in [0.15, 0.2) is 17.3 Å². The molecule has 9 heteroatoms. The highest BCUT2D eigenvalue weighted by atomic mass is 79.9. The molecular formula is C20H15BrN2O6. The lowest BCUT2D eigenvalue weighted by molar-refractivity contribution is -0.384. The van der Waals surface area contributed by atoms with Gasteiger partial charge >= 0.3 is 0 Å². The summed E-state index contributed by atoms with van der Waals surface area (Å²) in [5.74, 6) is -0.339. The number of benzene rings is 2. The van der Waals surface area contributed by atoms with Crippen LogP contribution in [0, 0.1) is 10.1 Å². The van der Waals surface area contributed by atoms with E-state index in [1.165, 1.54) is 42.0 Å². The smallest absolute Gasteiger partial charge is 0.270 e. The van der Waals surface area contributed by atoms with Crippen molar-refractivity contribution < 1.29 is 19.6 Å². The van der Waals surface area contributed by atoms with Crippen LogP contribution in [0.25, 0.3) is 22.0 Å². The molecule has 3 aromatic rings. The molecule has 0 aliphatic heterocycles. The van der Waals surface area contributed by atoms with Gasteiger partial charge in [0.1, 0.15) is 0 Å². The lowest BCUT2D eigenvalue weighted by atomic mass is 10.0. The second-order valence-corrected chi connectivity index (χ2v) is 7.40. The number of carbonyl (C=O) groups is 1. The number of phenolic OH excluding ortho intramolecular Hbond substituents is 1. The van der Waals surface area contributed by atoms with E-state index in [4.69, 9.17) is 4.74 Å². The predicted molar refractivity (Wildman–Crippen MR) is 110 cm³/mol. The molecule has 1 N–H and O–H groups in total. The molecule has 0 unspecified atom stereocenters. The van der Waals surface area contributed by atoms with E-state index in [0.717, 1.165) is 0 Å². The molecule has 0 saturated heterocycles. The van der Waals surface area contributed by atoms with E-state index in [9.17, 15) is 24.8 Å². The molecule has 4 rings (SSSR count). The van der Waals surface area contributed by atoms with Crippen LogP contribution in [0.1, 0.15) is 22.3 Å². The Labute approximate surface area is 172 Å². The number of carbonyl (C=O) groups excluding carboxylic acids is 1. The molecule has 0 spiro atoms. The van der Waals surface area contributed by atoms with Gasteiger partial charge in [0.05, 0.1) is 28.7 Å². The fourth-order valence-corrected chi connectivity index (χ4v) is 3.99. The normalized spacial score (nSPS) is 12.1. The molecule has 0 atom stereocenters. The van der Waals surface area contributed by atoms with Crippen molar-refractivity contribution in [3.63, 3.8) is 0 Å². The quantitative estimate of drug-likeness (QED) is 0.277. The minimum atomic E-state index is -0.575. The van der Waals surface area contributed by atoms with E-state index in [2.05, 4.69) is 15.9 Å². The Balaban J connectivity index is 2.14. The Morgan fingerprint density at radius 1 is 1.17 bits per heavy atom. The van der Waals surface area contributed by atoms with Crippen LogP contribution in [0.15, 0.2) is 35.1 Å². The summed E-state index contributed by atoms with van der Waals surface area (Å²) in [6.07, 6.45) is 0.617. The molecule has 0 bridgehead atoms. The zero-order valence-electron chi connectivity index (χ0n) is 15.3. The summed E-state index contributed by atoms with van der Waals surface area (Å²) in [7, 11) is 1.40. The van der Waals surface area contributed by atoms with Crippen molar-refractivity contribution in [3.8, 4) is 22.8 Å². The van der Waals surface area contributed by atoms with Crippen molar-refractivity contribution in [1.82, 2.24) is 4.57 Å². The van der Waals surface area contributed by atoms with Crippen molar-refractivity contribution in [2.24, 2.45) is 0 Å². The van der Waals surface area contributed by atoms with Crippen molar-refractivity contribution >= 4 is 38.2 Å². The van der Waals surface area contributed by atoms with Gasteiger partial charge in [-0.15, -0.1) is 0 Å². The molecule has 0 fully saturated rings. The van der Waals surface area contributed by atoms with Gasteiger partial charge in [-0.2, -0.15) is 0 Å². The molecule has 1 aliphatic rings. The van der Waals surface area contributed by atoms with Gasteiger partial charge in [-0.3, -0.25) is 19.7 Å². The largest absolute Gasteiger partial charge is 0.504 e. The lowest BCUT2D eigenvalue weighted by Crippen LogP contribution is -2.23. The predicted octanol–water partition coefficient (Wildman–Crippen LogP) is 3.62. The highest BCUT2D eigenvalue weighted by Gasteiger charge is 2.34. The summed E-state index contributed by atoms with van der Waals surface area (Å²) in [6.45, 7) is 0.320. The number of aromatic nitrogens is 1. The van der Waals surface area contributed by atoms with Crippen LogP contribution in [0.3, 0.4) is 0 Å². The third-order valence-electron chi connectivity index (χ3n) is 5.03. The highest BCUT2D eigenvalue weighted by molar-refractivity contribution is 9.09. The number of alkyl halides is 1. The van der Waals surface area contributed by atoms with Gasteiger partial charge in [0.2, 0.25) is 0 Å². The Morgan fingerprint density at radius 2 is 1.93 bits per heavy atom. The molecule has 1 aromatic heterocycles. The van der Waals surface area contributed by atoms with Crippen molar-refractivity contribution in [1.29, 1.82) is 0 Å². The van der Waals surface area contributed by atoms with Crippen LogP contribution in [0.5, 0.6) is 11.5 Å². The number of methoxy groups -OCH3 is 1. The number of fused-ring (bicyclic) bond motifs is 5. The highest BCUT2D eigenvalue weighted by Crippen LogP contribution is 2.44. The number of hydrogen-bond acceptors (Lipinski definition) is 6. The maximum absolute atomic E-state index is 13.2. The first kappa shape index (κ1) is 19.1. The van der Waals surface area contributed by atoms with Gasteiger partial charge in [-0.1, -0.05) is 15.9 Å². The van der Waals surface area contributed by atoms with Crippen LogP contribution >= 0.6 is 15.9 Å². The second-order valence-electron chi connectivity index (χ2n) is 6.61. The summed E-state index contributed by atoms with van der Waals surface area (Å²) in [4.78, 5) is 37.0. The number of nitrogens with zero attached hydrogens (tertiary/aromatic N) is 2. The van der Waals surface area contributed by atoms with E-state index in [1.54, 1.807) is 0 Å². The number of pyridine rings is 1. The number of halogens is 1. The number of hydrogen-bond donors (Lipinski definition) is 1. The molecule has 2 aromatic carbocycles. The minimum Gasteiger partial charge on any atom is -0.504 e. The molecule has 0 saturated carbocycles. The Kier molecular flexibility index (Phi) is 4.62. The van der Waals surface area contributed by atoms with E-state index >= 15 is 0 Å². The number of aromatic hydroxyl groups is 1. The van der Waals surface area contributed by atoms with E-state index in [0.29, 0.717) is 40.5 Å². The third kappa shape index (κ3) is 2.80. The van der Waals surface area contributed by atoms with E-state index in [-0.39, 0.29) is 33.9 Å². The Bertz CT molecular complexity index is 1260. The number of rotatable bonds is 5. The molecule has 1 heterocycles. The number of nitro groups is 1. The topological polar surface area (TPSA) is 112 Å². The number of nitro benzene ring substituents is 1.